The van der Waals surface area contributed by atoms with Crippen LogP contribution in [0.3, 0.4) is 0 Å². The first-order valence-corrected chi connectivity index (χ1v) is 5.83. The molecule has 92 valence electrons. The number of para-hydroxylation sites is 1. The number of anilines is 1. The van der Waals surface area contributed by atoms with Gasteiger partial charge >= 0.3 is 6.09 Å². The van der Waals surface area contributed by atoms with Gasteiger partial charge in [0, 0.05) is 10.7 Å². The molecule has 3 nitrogen and oxygen atoms in total. The summed E-state index contributed by atoms with van der Waals surface area (Å²) in [6, 6.07) is 14.2. The van der Waals surface area contributed by atoms with Gasteiger partial charge in [0.2, 0.25) is 0 Å². The fourth-order valence-corrected chi connectivity index (χ4v) is 1.63. The lowest BCUT2D eigenvalue weighted by Crippen LogP contribution is -2.17. The molecule has 0 aliphatic rings. The number of aryl methyl sites for hydroxylation is 1. The van der Waals surface area contributed by atoms with Gasteiger partial charge in [0.15, 0.2) is 0 Å². The van der Waals surface area contributed by atoms with Crippen LogP contribution < -0.4 is 10.1 Å². The fraction of sp³-hybridized carbons (Fsp3) is 0.0714. The smallest absolute Gasteiger partial charge is 0.410 e. The normalized spacial score (nSPS) is 9.89. The van der Waals surface area contributed by atoms with Crippen molar-refractivity contribution >= 4 is 23.4 Å². The zero-order valence-corrected chi connectivity index (χ0v) is 10.6. The Kier molecular flexibility index (Phi) is 3.85. The van der Waals surface area contributed by atoms with E-state index in [0.29, 0.717) is 16.5 Å². The SMILES string of the molecule is Cc1ccc(Cl)cc1NC(=O)Oc1ccccc1. The number of carbonyl (C=O) groups is 1. The summed E-state index contributed by atoms with van der Waals surface area (Å²) in [4.78, 5) is 11.7. The molecule has 2 rings (SSSR count). The second-order valence-electron chi connectivity index (χ2n) is 3.79. The summed E-state index contributed by atoms with van der Waals surface area (Å²) in [5.74, 6) is 0.495. The topological polar surface area (TPSA) is 38.3 Å². The maximum Gasteiger partial charge on any atom is 0.417 e. The standard InChI is InChI=1S/C14H12ClNO2/c1-10-7-8-11(15)9-13(10)16-14(17)18-12-5-3-2-4-6-12/h2-9H,1H3,(H,16,17). The lowest BCUT2D eigenvalue weighted by molar-refractivity contribution is 0.215. The average molecular weight is 262 g/mol. The molecular formula is C14H12ClNO2. The van der Waals surface area contributed by atoms with Gasteiger partial charge in [-0.05, 0) is 36.8 Å². The average Bonchev–Trinajstić information content (AvgIpc) is 2.35. The van der Waals surface area contributed by atoms with E-state index in [0.717, 1.165) is 5.56 Å². The molecule has 0 unspecified atom stereocenters. The minimum atomic E-state index is -0.536. The number of hydrogen-bond donors (Lipinski definition) is 1. The van der Waals surface area contributed by atoms with E-state index in [1.165, 1.54) is 0 Å². The summed E-state index contributed by atoms with van der Waals surface area (Å²) in [5, 5.41) is 3.22. The van der Waals surface area contributed by atoms with E-state index in [-0.39, 0.29) is 0 Å². The van der Waals surface area contributed by atoms with Gasteiger partial charge in [-0.2, -0.15) is 0 Å². The maximum absolute atomic E-state index is 11.7. The molecule has 0 saturated heterocycles. The highest BCUT2D eigenvalue weighted by Crippen LogP contribution is 2.20. The van der Waals surface area contributed by atoms with Crippen molar-refractivity contribution in [2.45, 2.75) is 6.92 Å². The molecule has 0 radical (unpaired) electrons. The van der Waals surface area contributed by atoms with E-state index in [1.54, 1.807) is 36.4 Å². The first kappa shape index (κ1) is 12.5. The number of benzene rings is 2. The molecule has 2 aromatic carbocycles. The Morgan fingerprint density at radius 1 is 1.17 bits per heavy atom. The minimum Gasteiger partial charge on any atom is -0.410 e. The third kappa shape index (κ3) is 3.25. The van der Waals surface area contributed by atoms with Gasteiger partial charge in [0.1, 0.15) is 5.75 Å². The molecule has 1 N–H and O–H groups in total. The quantitative estimate of drug-likeness (QED) is 0.877. The number of ether oxygens (including phenoxy) is 1. The van der Waals surface area contributed by atoms with Crippen molar-refractivity contribution in [3.63, 3.8) is 0 Å². The molecule has 0 saturated carbocycles. The summed E-state index contributed by atoms with van der Waals surface area (Å²) < 4.78 is 5.12. The predicted molar refractivity (Wildman–Crippen MR) is 72.3 cm³/mol. The summed E-state index contributed by atoms with van der Waals surface area (Å²) in [7, 11) is 0. The van der Waals surface area contributed by atoms with E-state index in [2.05, 4.69) is 5.32 Å². The number of amides is 1. The Hall–Kier alpha value is -2.00. The van der Waals surface area contributed by atoms with Crippen LogP contribution in [-0.4, -0.2) is 6.09 Å². The molecular weight excluding hydrogens is 250 g/mol. The molecule has 2 aromatic rings. The Morgan fingerprint density at radius 3 is 2.61 bits per heavy atom. The summed E-state index contributed by atoms with van der Waals surface area (Å²) in [6.07, 6.45) is -0.536. The van der Waals surface area contributed by atoms with Gasteiger partial charge in [-0.15, -0.1) is 0 Å². The van der Waals surface area contributed by atoms with Crippen molar-refractivity contribution in [1.82, 2.24) is 0 Å². The van der Waals surface area contributed by atoms with Crippen LogP contribution in [0.1, 0.15) is 5.56 Å². The van der Waals surface area contributed by atoms with Crippen molar-refractivity contribution in [2.24, 2.45) is 0 Å². The van der Waals surface area contributed by atoms with Crippen molar-refractivity contribution in [1.29, 1.82) is 0 Å². The molecule has 1 amide bonds. The molecule has 0 aliphatic heterocycles. The highest BCUT2D eigenvalue weighted by molar-refractivity contribution is 6.31. The maximum atomic E-state index is 11.7. The van der Waals surface area contributed by atoms with Crippen LogP contribution in [0.15, 0.2) is 48.5 Å². The molecule has 0 heterocycles. The molecule has 0 aliphatic carbocycles. The molecule has 0 atom stereocenters. The first-order valence-electron chi connectivity index (χ1n) is 5.45. The summed E-state index contributed by atoms with van der Waals surface area (Å²) in [5.41, 5.74) is 1.56. The second-order valence-corrected chi connectivity index (χ2v) is 4.22. The number of hydrogen-bond acceptors (Lipinski definition) is 2. The fourth-order valence-electron chi connectivity index (χ4n) is 1.46. The zero-order chi connectivity index (χ0) is 13.0. The van der Waals surface area contributed by atoms with Crippen LogP contribution in [0.25, 0.3) is 0 Å². The number of rotatable bonds is 2. The van der Waals surface area contributed by atoms with Crippen molar-refractivity contribution in [3.05, 3.63) is 59.1 Å². The third-order valence-electron chi connectivity index (χ3n) is 2.39. The Morgan fingerprint density at radius 2 is 1.89 bits per heavy atom. The van der Waals surface area contributed by atoms with Gasteiger partial charge in [-0.3, -0.25) is 5.32 Å². The summed E-state index contributed by atoms with van der Waals surface area (Å²) >= 11 is 5.87. The van der Waals surface area contributed by atoms with E-state index < -0.39 is 6.09 Å². The van der Waals surface area contributed by atoms with E-state index in [1.807, 2.05) is 19.1 Å². The van der Waals surface area contributed by atoms with E-state index in [9.17, 15) is 4.79 Å². The predicted octanol–water partition coefficient (Wildman–Crippen LogP) is 4.26. The van der Waals surface area contributed by atoms with Crippen LogP contribution in [0.5, 0.6) is 5.75 Å². The Labute approximate surface area is 110 Å². The molecule has 0 fully saturated rings. The number of carbonyl (C=O) groups excluding carboxylic acids is 1. The van der Waals surface area contributed by atoms with Crippen LogP contribution in [-0.2, 0) is 0 Å². The number of halogens is 1. The van der Waals surface area contributed by atoms with Crippen LogP contribution in [0.2, 0.25) is 5.02 Å². The highest BCUT2D eigenvalue weighted by atomic mass is 35.5. The number of nitrogens with one attached hydrogen (secondary N) is 1. The Bertz CT molecular complexity index is 555. The van der Waals surface area contributed by atoms with Crippen LogP contribution in [0.4, 0.5) is 10.5 Å². The Balaban J connectivity index is 2.05. The van der Waals surface area contributed by atoms with Crippen molar-refractivity contribution in [3.8, 4) is 5.75 Å². The molecule has 0 bridgehead atoms. The second kappa shape index (κ2) is 5.56. The first-order chi connectivity index (χ1) is 8.65. The largest absolute Gasteiger partial charge is 0.417 e. The summed E-state index contributed by atoms with van der Waals surface area (Å²) in [6.45, 7) is 1.88. The minimum absolute atomic E-state index is 0.495. The van der Waals surface area contributed by atoms with Crippen molar-refractivity contribution in [2.75, 3.05) is 5.32 Å². The van der Waals surface area contributed by atoms with Gasteiger partial charge in [0.25, 0.3) is 0 Å². The van der Waals surface area contributed by atoms with Crippen molar-refractivity contribution < 1.29 is 9.53 Å². The molecule has 4 heteroatoms. The van der Waals surface area contributed by atoms with Crippen LogP contribution in [0, 0.1) is 6.92 Å². The van der Waals surface area contributed by atoms with Gasteiger partial charge in [0.05, 0.1) is 0 Å². The molecule has 0 aromatic heterocycles. The lowest BCUT2D eigenvalue weighted by Gasteiger charge is -2.09. The highest BCUT2D eigenvalue weighted by Gasteiger charge is 2.07. The van der Waals surface area contributed by atoms with Crippen LogP contribution >= 0.6 is 11.6 Å². The van der Waals surface area contributed by atoms with Gasteiger partial charge in [-0.25, -0.2) is 4.79 Å². The molecule has 18 heavy (non-hydrogen) atoms. The van der Waals surface area contributed by atoms with E-state index >= 15 is 0 Å². The van der Waals surface area contributed by atoms with E-state index in [4.69, 9.17) is 16.3 Å². The monoisotopic (exact) mass is 261 g/mol. The zero-order valence-electron chi connectivity index (χ0n) is 9.81. The third-order valence-corrected chi connectivity index (χ3v) is 2.63. The van der Waals surface area contributed by atoms with Gasteiger partial charge in [-0.1, -0.05) is 35.9 Å². The lowest BCUT2D eigenvalue weighted by atomic mass is 10.2. The molecule has 0 spiro atoms. The van der Waals surface area contributed by atoms with Gasteiger partial charge < -0.3 is 4.74 Å².